The molecule has 3 nitrogen and oxygen atoms in total. The summed E-state index contributed by atoms with van der Waals surface area (Å²) in [6, 6.07) is 0. The van der Waals surface area contributed by atoms with Crippen LogP contribution in [0.4, 0.5) is 0 Å². The van der Waals surface area contributed by atoms with Gasteiger partial charge in [-0.25, -0.2) is 0 Å². The van der Waals surface area contributed by atoms with E-state index in [1.165, 1.54) is 0 Å². The van der Waals surface area contributed by atoms with Crippen LogP contribution in [0.25, 0.3) is 0 Å². The number of rotatable bonds is 1. The van der Waals surface area contributed by atoms with Crippen molar-refractivity contribution in [2.75, 3.05) is 0 Å². The van der Waals surface area contributed by atoms with Crippen LogP contribution in [0, 0.1) is 6.92 Å². The number of nitrogens with zero attached hydrogens (tertiary/aromatic N) is 2. The topological polar surface area (TPSA) is 38.0 Å². The Labute approximate surface area is 60.3 Å². The predicted octanol–water partition coefficient (Wildman–Crippen LogP) is 0.782. The molecule has 3 heteroatoms. The Kier molecular flexibility index (Phi) is 1.76. The number of aliphatic hydroxyl groups excluding tert-OH is 1. The van der Waals surface area contributed by atoms with Crippen LogP contribution < -0.4 is 0 Å². The van der Waals surface area contributed by atoms with Gasteiger partial charge in [-0.2, -0.15) is 5.10 Å². The fourth-order valence-corrected chi connectivity index (χ4v) is 1.04. The average Bonchev–Trinajstić information content (AvgIpc) is 2.10. The molecule has 10 heavy (non-hydrogen) atoms. The maximum Gasteiger partial charge on any atom is 0.0953 e. The molecule has 0 bridgehead atoms. The van der Waals surface area contributed by atoms with Crippen molar-refractivity contribution in [2.45, 2.75) is 20.0 Å². The first-order chi connectivity index (χ1) is 4.61. The van der Waals surface area contributed by atoms with Crippen molar-refractivity contribution >= 4 is 0 Å². The SMILES string of the molecule is Cc1cn(C)nc1C(C)O. The molecule has 1 aromatic rings. The number of hydrogen-bond donors (Lipinski definition) is 1. The van der Waals surface area contributed by atoms with Crippen molar-refractivity contribution in [1.82, 2.24) is 9.78 Å². The van der Waals surface area contributed by atoms with Gasteiger partial charge in [0.25, 0.3) is 0 Å². The number of aryl methyl sites for hydroxylation is 2. The highest BCUT2D eigenvalue weighted by Crippen LogP contribution is 2.12. The molecule has 0 spiro atoms. The Morgan fingerprint density at radius 1 is 1.70 bits per heavy atom. The van der Waals surface area contributed by atoms with E-state index in [4.69, 9.17) is 5.11 Å². The summed E-state index contributed by atoms with van der Waals surface area (Å²) in [4.78, 5) is 0. The molecule has 0 aliphatic heterocycles. The number of aromatic nitrogens is 2. The number of aliphatic hydroxyl groups is 1. The molecule has 1 rings (SSSR count). The van der Waals surface area contributed by atoms with Crippen LogP contribution in [-0.4, -0.2) is 14.9 Å². The predicted molar refractivity (Wildman–Crippen MR) is 38.6 cm³/mol. The van der Waals surface area contributed by atoms with Gasteiger partial charge in [0.05, 0.1) is 11.8 Å². The van der Waals surface area contributed by atoms with Crippen LogP contribution in [0.15, 0.2) is 6.20 Å². The quantitative estimate of drug-likeness (QED) is 0.626. The van der Waals surface area contributed by atoms with Gasteiger partial charge in [-0.1, -0.05) is 0 Å². The van der Waals surface area contributed by atoms with Crippen LogP contribution in [-0.2, 0) is 7.05 Å². The van der Waals surface area contributed by atoms with E-state index in [2.05, 4.69) is 5.10 Å². The summed E-state index contributed by atoms with van der Waals surface area (Å²) in [5.74, 6) is 0. The lowest BCUT2D eigenvalue weighted by Gasteiger charge is -1.98. The summed E-state index contributed by atoms with van der Waals surface area (Å²) in [6.07, 6.45) is 1.43. The molecular weight excluding hydrogens is 128 g/mol. The van der Waals surface area contributed by atoms with E-state index >= 15 is 0 Å². The van der Waals surface area contributed by atoms with Crippen molar-refractivity contribution in [2.24, 2.45) is 7.05 Å². The molecule has 0 aliphatic rings. The summed E-state index contributed by atoms with van der Waals surface area (Å²) >= 11 is 0. The van der Waals surface area contributed by atoms with E-state index in [1.807, 2.05) is 20.2 Å². The Hall–Kier alpha value is -0.830. The summed E-state index contributed by atoms with van der Waals surface area (Å²) < 4.78 is 1.71. The monoisotopic (exact) mass is 140 g/mol. The zero-order valence-electron chi connectivity index (χ0n) is 6.50. The zero-order chi connectivity index (χ0) is 7.72. The standard InChI is InChI=1S/C7H12N2O/c1-5-4-9(3)8-7(5)6(2)10/h4,6,10H,1-3H3. The maximum absolute atomic E-state index is 9.14. The van der Waals surface area contributed by atoms with Crippen LogP contribution in [0.2, 0.25) is 0 Å². The fourth-order valence-electron chi connectivity index (χ4n) is 1.04. The third kappa shape index (κ3) is 1.19. The molecule has 0 saturated carbocycles. The molecule has 0 fully saturated rings. The highest BCUT2D eigenvalue weighted by molar-refractivity contribution is 5.16. The largest absolute Gasteiger partial charge is 0.387 e. The zero-order valence-corrected chi connectivity index (χ0v) is 6.50. The van der Waals surface area contributed by atoms with E-state index in [0.29, 0.717) is 0 Å². The van der Waals surface area contributed by atoms with Crippen molar-refractivity contribution in [1.29, 1.82) is 0 Å². The molecule has 1 heterocycles. The van der Waals surface area contributed by atoms with Crippen LogP contribution in [0.1, 0.15) is 24.3 Å². The van der Waals surface area contributed by atoms with Crippen LogP contribution >= 0.6 is 0 Å². The third-order valence-electron chi connectivity index (χ3n) is 1.45. The van der Waals surface area contributed by atoms with Gasteiger partial charge in [-0.3, -0.25) is 4.68 Å². The van der Waals surface area contributed by atoms with Crippen molar-refractivity contribution in [3.05, 3.63) is 17.5 Å². The Bertz CT molecular complexity index is 228. The van der Waals surface area contributed by atoms with Gasteiger partial charge < -0.3 is 5.11 Å². The molecular formula is C7H12N2O. The summed E-state index contributed by atoms with van der Waals surface area (Å²) in [6.45, 7) is 3.66. The van der Waals surface area contributed by atoms with E-state index in [0.717, 1.165) is 11.3 Å². The first-order valence-electron chi connectivity index (χ1n) is 3.29. The van der Waals surface area contributed by atoms with Crippen LogP contribution in [0.3, 0.4) is 0 Å². The second-order valence-electron chi connectivity index (χ2n) is 2.55. The lowest BCUT2D eigenvalue weighted by Crippen LogP contribution is -1.95. The van der Waals surface area contributed by atoms with E-state index < -0.39 is 6.10 Å². The molecule has 0 amide bonds. The molecule has 1 atom stereocenters. The normalized spacial score (nSPS) is 13.6. The molecule has 0 radical (unpaired) electrons. The van der Waals surface area contributed by atoms with Crippen molar-refractivity contribution in [3.63, 3.8) is 0 Å². The third-order valence-corrected chi connectivity index (χ3v) is 1.45. The first-order valence-corrected chi connectivity index (χ1v) is 3.29. The molecule has 1 unspecified atom stereocenters. The van der Waals surface area contributed by atoms with Gasteiger partial charge in [0.15, 0.2) is 0 Å². The van der Waals surface area contributed by atoms with Gasteiger partial charge in [0.1, 0.15) is 0 Å². The van der Waals surface area contributed by atoms with E-state index in [-0.39, 0.29) is 0 Å². The Morgan fingerprint density at radius 3 is 2.50 bits per heavy atom. The highest BCUT2D eigenvalue weighted by atomic mass is 16.3. The maximum atomic E-state index is 9.14. The minimum Gasteiger partial charge on any atom is -0.387 e. The fraction of sp³-hybridized carbons (Fsp3) is 0.571. The second kappa shape index (κ2) is 2.42. The first kappa shape index (κ1) is 7.28. The molecule has 0 aliphatic carbocycles. The van der Waals surface area contributed by atoms with Gasteiger partial charge >= 0.3 is 0 Å². The minimum atomic E-state index is -0.457. The Morgan fingerprint density at radius 2 is 2.30 bits per heavy atom. The Balaban J connectivity index is 3.03. The smallest absolute Gasteiger partial charge is 0.0953 e. The highest BCUT2D eigenvalue weighted by Gasteiger charge is 2.07. The molecule has 56 valence electrons. The second-order valence-corrected chi connectivity index (χ2v) is 2.55. The number of hydrogen-bond acceptors (Lipinski definition) is 2. The molecule has 1 N–H and O–H groups in total. The lowest BCUT2D eigenvalue weighted by atomic mass is 10.2. The van der Waals surface area contributed by atoms with E-state index in [1.54, 1.807) is 11.6 Å². The molecule has 1 aromatic heterocycles. The lowest BCUT2D eigenvalue weighted by molar-refractivity contribution is 0.192. The minimum absolute atomic E-state index is 0.457. The van der Waals surface area contributed by atoms with Gasteiger partial charge in [0, 0.05) is 13.2 Å². The van der Waals surface area contributed by atoms with Gasteiger partial charge in [-0.15, -0.1) is 0 Å². The summed E-state index contributed by atoms with van der Waals surface area (Å²) in [7, 11) is 1.85. The average molecular weight is 140 g/mol. The van der Waals surface area contributed by atoms with Crippen LogP contribution in [0.5, 0.6) is 0 Å². The van der Waals surface area contributed by atoms with E-state index in [9.17, 15) is 0 Å². The molecule has 0 saturated heterocycles. The van der Waals surface area contributed by atoms with Gasteiger partial charge in [-0.05, 0) is 19.4 Å². The van der Waals surface area contributed by atoms with Gasteiger partial charge in [0.2, 0.25) is 0 Å². The summed E-state index contributed by atoms with van der Waals surface area (Å²) in [5.41, 5.74) is 1.81. The molecule has 0 aromatic carbocycles. The summed E-state index contributed by atoms with van der Waals surface area (Å²) in [5, 5.41) is 13.2. The van der Waals surface area contributed by atoms with Crippen molar-refractivity contribution < 1.29 is 5.11 Å². The van der Waals surface area contributed by atoms with Crippen molar-refractivity contribution in [3.8, 4) is 0 Å².